The van der Waals surface area contributed by atoms with Crippen molar-refractivity contribution in [2.75, 3.05) is 40.3 Å². The largest absolute Gasteiger partial charge is 0.388 e. The van der Waals surface area contributed by atoms with E-state index < -0.39 is 5.60 Å². The number of nitrogens with two attached hydrogens (primary N) is 1. The molecule has 0 aromatic rings. The van der Waals surface area contributed by atoms with Gasteiger partial charge in [-0.1, -0.05) is 6.42 Å². The molecule has 0 bridgehead atoms. The zero-order chi connectivity index (χ0) is 13.9. The maximum atomic E-state index is 10.4. The minimum absolute atomic E-state index is 0.404. The molecule has 3 N–H and O–H groups in total. The predicted octanol–water partition coefficient (Wildman–Crippen LogP) is 0.892. The normalized spacial score (nSPS) is 36.5. The molecule has 1 saturated carbocycles. The van der Waals surface area contributed by atoms with Crippen molar-refractivity contribution in [2.24, 2.45) is 11.7 Å². The quantitative estimate of drug-likeness (QED) is 0.752. The van der Waals surface area contributed by atoms with Gasteiger partial charge in [-0.3, -0.25) is 0 Å². The van der Waals surface area contributed by atoms with Gasteiger partial charge < -0.3 is 20.6 Å². The average Bonchev–Trinajstić information content (AvgIpc) is 2.95. The molecule has 1 heterocycles. The molecule has 3 atom stereocenters. The van der Waals surface area contributed by atoms with Gasteiger partial charge in [-0.2, -0.15) is 0 Å². The van der Waals surface area contributed by atoms with Crippen LogP contribution >= 0.6 is 0 Å². The highest BCUT2D eigenvalue weighted by Gasteiger charge is 2.39. The Labute approximate surface area is 117 Å². The first-order valence-corrected chi connectivity index (χ1v) is 7.86. The molecular formula is C15H31N3O. The minimum atomic E-state index is -0.578. The highest BCUT2D eigenvalue weighted by molar-refractivity contribution is 4.93. The Bertz CT molecular complexity index is 287. The Hall–Kier alpha value is -0.160. The molecule has 0 spiro atoms. The van der Waals surface area contributed by atoms with Gasteiger partial charge in [-0.05, 0) is 65.2 Å². The summed E-state index contributed by atoms with van der Waals surface area (Å²) < 4.78 is 0. The first-order chi connectivity index (χ1) is 9.05. The monoisotopic (exact) mass is 269 g/mol. The number of likely N-dealkylation sites (tertiary alicyclic amines) is 1. The van der Waals surface area contributed by atoms with Gasteiger partial charge >= 0.3 is 0 Å². The van der Waals surface area contributed by atoms with E-state index in [0.29, 0.717) is 12.5 Å². The first-order valence-electron chi connectivity index (χ1n) is 7.86. The van der Waals surface area contributed by atoms with Gasteiger partial charge in [0, 0.05) is 19.1 Å². The third-order valence-electron chi connectivity index (χ3n) is 5.33. The van der Waals surface area contributed by atoms with E-state index in [1.807, 2.05) is 0 Å². The van der Waals surface area contributed by atoms with Crippen molar-refractivity contribution < 1.29 is 5.11 Å². The Balaban J connectivity index is 1.72. The fourth-order valence-corrected chi connectivity index (χ4v) is 3.85. The molecule has 4 heteroatoms. The maximum Gasteiger partial charge on any atom is 0.0797 e. The van der Waals surface area contributed by atoms with Crippen molar-refractivity contribution in [3.63, 3.8) is 0 Å². The van der Waals surface area contributed by atoms with Crippen LogP contribution in [0.3, 0.4) is 0 Å². The highest BCUT2D eigenvalue weighted by Crippen LogP contribution is 2.37. The fraction of sp³-hybridized carbons (Fsp3) is 1.00. The second-order valence-corrected chi connectivity index (χ2v) is 6.72. The molecular weight excluding hydrogens is 238 g/mol. The third kappa shape index (κ3) is 3.69. The van der Waals surface area contributed by atoms with Gasteiger partial charge in [0.2, 0.25) is 0 Å². The number of rotatable bonds is 6. The fourth-order valence-electron chi connectivity index (χ4n) is 3.85. The van der Waals surface area contributed by atoms with Crippen molar-refractivity contribution >= 4 is 0 Å². The van der Waals surface area contributed by atoms with E-state index >= 15 is 0 Å². The Morgan fingerprint density at radius 1 is 1.37 bits per heavy atom. The Morgan fingerprint density at radius 2 is 2.16 bits per heavy atom. The minimum Gasteiger partial charge on any atom is -0.388 e. The van der Waals surface area contributed by atoms with Crippen LogP contribution in [-0.2, 0) is 0 Å². The van der Waals surface area contributed by atoms with Crippen LogP contribution in [0.1, 0.15) is 38.5 Å². The molecule has 1 aliphatic heterocycles. The van der Waals surface area contributed by atoms with Gasteiger partial charge in [0.05, 0.1) is 5.60 Å². The molecule has 0 radical (unpaired) electrons. The van der Waals surface area contributed by atoms with Crippen molar-refractivity contribution in [2.45, 2.75) is 50.2 Å². The third-order valence-corrected chi connectivity index (χ3v) is 5.33. The summed E-state index contributed by atoms with van der Waals surface area (Å²) in [4.78, 5) is 4.91. The summed E-state index contributed by atoms with van der Waals surface area (Å²) >= 11 is 0. The molecule has 19 heavy (non-hydrogen) atoms. The summed E-state index contributed by atoms with van der Waals surface area (Å²) in [6.45, 7) is 3.91. The molecule has 0 aromatic carbocycles. The van der Waals surface area contributed by atoms with E-state index in [-0.39, 0.29) is 0 Å². The predicted molar refractivity (Wildman–Crippen MR) is 79.1 cm³/mol. The van der Waals surface area contributed by atoms with E-state index in [0.717, 1.165) is 44.8 Å². The number of hydrogen-bond acceptors (Lipinski definition) is 4. The lowest BCUT2D eigenvalue weighted by Crippen LogP contribution is -2.43. The van der Waals surface area contributed by atoms with Crippen LogP contribution in [0.5, 0.6) is 0 Å². The summed E-state index contributed by atoms with van der Waals surface area (Å²) in [5, 5.41) is 10.4. The van der Waals surface area contributed by atoms with Gasteiger partial charge in [-0.25, -0.2) is 0 Å². The summed E-state index contributed by atoms with van der Waals surface area (Å²) in [6.07, 6.45) is 6.92. The molecule has 3 unspecified atom stereocenters. The van der Waals surface area contributed by atoms with Crippen molar-refractivity contribution in [1.29, 1.82) is 0 Å². The molecule has 2 fully saturated rings. The van der Waals surface area contributed by atoms with Gasteiger partial charge in [-0.15, -0.1) is 0 Å². The Kier molecular flexibility index (Phi) is 5.23. The van der Waals surface area contributed by atoms with Crippen LogP contribution in [0, 0.1) is 5.92 Å². The summed E-state index contributed by atoms with van der Waals surface area (Å²) in [7, 11) is 4.44. The lowest BCUT2D eigenvalue weighted by Gasteiger charge is -2.31. The van der Waals surface area contributed by atoms with Crippen LogP contribution in [0.4, 0.5) is 0 Å². The molecule has 1 aliphatic carbocycles. The van der Waals surface area contributed by atoms with Gasteiger partial charge in [0.1, 0.15) is 0 Å². The molecule has 2 rings (SSSR count). The van der Waals surface area contributed by atoms with Crippen LogP contribution in [-0.4, -0.2) is 66.8 Å². The van der Waals surface area contributed by atoms with Gasteiger partial charge in [0.25, 0.3) is 0 Å². The second kappa shape index (κ2) is 6.53. The van der Waals surface area contributed by atoms with Gasteiger partial charge in [0.15, 0.2) is 0 Å². The molecule has 4 nitrogen and oxygen atoms in total. The van der Waals surface area contributed by atoms with Crippen LogP contribution in [0.25, 0.3) is 0 Å². The van der Waals surface area contributed by atoms with Crippen LogP contribution in [0.2, 0.25) is 0 Å². The molecule has 112 valence electrons. The molecule has 2 aliphatic rings. The Morgan fingerprint density at radius 3 is 2.79 bits per heavy atom. The smallest absolute Gasteiger partial charge is 0.0797 e. The van der Waals surface area contributed by atoms with Crippen LogP contribution in [0.15, 0.2) is 0 Å². The SMILES string of the molecule is CN(CCC1CCCC1(O)CN)CC1CCCN1C. The van der Waals surface area contributed by atoms with E-state index in [2.05, 4.69) is 23.9 Å². The number of nitrogens with zero attached hydrogens (tertiary/aromatic N) is 2. The number of aliphatic hydroxyl groups is 1. The second-order valence-electron chi connectivity index (χ2n) is 6.72. The standard InChI is InChI=1S/C15H31N3O/c1-17(11-14-6-4-9-18(14)2)10-7-13-5-3-8-15(13,19)12-16/h13-14,19H,3-12,16H2,1-2H3. The van der Waals surface area contributed by atoms with E-state index in [1.54, 1.807) is 0 Å². The zero-order valence-corrected chi connectivity index (χ0v) is 12.6. The van der Waals surface area contributed by atoms with Crippen molar-refractivity contribution in [3.05, 3.63) is 0 Å². The molecule has 1 saturated heterocycles. The van der Waals surface area contributed by atoms with Crippen molar-refractivity contribution in [1.82, 2.24) is 9.80 Å². The van der Waals surface area contributed by atoms with E-state index in [1.165, 1.54) is 19.4 Å². The average molecular weight is 269 g/mol. The van der Waals surface area contributed by atoms with E-state index in [4.69, 9.17) is 5.73 Å². The van der Waals surface area contributed by atoms with Crippen molar-refractivity contribution in [3.8, 4) is 0 Å². The maximum absolute atomic E-state index is 10.4. The summed E-state index contributed by atoms with van der Waals surface area (Å²) in [5.41, 5.74) is 5.17. The molecule has 0 amide bonds. The van der Waals surface area contributed by atoms with E-state index in [9.17, 15) is 5.11 Å². The number of hydrogen-bond donors (Lipinski definition) is 2. The topological polar surface area (TPSA) is 52.7 Å². The van der Waals surface area contributed by atoms with Crippen LogP contribution < -0.4 is 5.73 Å². The molecule has 0 aromatic heterocycles. The zero-order valence-electron chi connectivity index (χ0n) is 12.6. The lowest BCUT2D eigenvalue weighted by atomic mass is 9.88. The highest BCUT2D eigenvalue weighted by atomic mass is 16.3. The lowest BCUT2D eigenvalue weighted by molar-refractivity contribution is 0.00488. The number of likely N-dealkylation sites (N-methyl/N-ethyl adjacent to an activating group) is 2. The first kappa shape index (κ1) is 15.2. The summed E-state index contributed by atoms with van der Waals surface area (Å²) in [6, 6.07) is 0.724. The summed E-state index contributed by atoms with van der Waals surface area (Å²) in [5.74, 6) is 0.404.